The summed E-state index contributed by atoms with van der Waals surface area (Å²) in [5.41, 5.74) is 9.40. The maximum Gasteiger partial charge on any atom is 0.135 e. The van der Waals surface area contributed by atoms with Crippen LogP contribution in [-0.4, -0.2) is 43.1 Å². The van der Waals surface area contributed by atoms with Crippen molar-refractivity contribution in [2.24, 2.45) is 0 Å². The summed E-state index contributed by atoms with van der Waals surface area (Å²) in [5, 5.41) is 8.80. The van der Waals surface area contributed by atoms with Gasteiger partial charge in [-0.05, 0) is 85.1 Å². The predicted molar refractivity (Wildman–Crippen MR) is 149 cm³/mol. The van der Waals surface area contributed by atoms with Crippen molar-refractivity contribution in [3.05, 3.63) is 90.5 Å². The maximum absolute atomic E-state index is 13.5. The van der Waals surface area contributed by atoms with Gasteiger partial charge in [0.1, 0.15) is 17.0 Å². The number of likely N-dealkylation sites (tertiary alicyclic amines) is 1. The van der Waals surface area contributed by atoms with Gasteiger partial charge in [-0.1, -0.05) is 30.7 Å². The first-order chi connectivity index (χ1) is 18.7. The molecule has 0 bridgehead atoms. The number of halogens is 1. The Kier molecular flexibility index (Phi) is 5.70. The van der Waals surface area contributed by atoms with Gasteiger partial charge < -0.3 is 4.98 Å². The lowest BCUT2D eigenvalue weighted by atomic mass is 10.0. The topological polar surface area (TPSA) is 73.5 Å². The molecule has 6 nitrogen and oxygen atoms in total. The molecule has 0 amide bonds. The molecule has 188 valence electrons. The highest BCUT2D eigenvalue weighted by Gasteiger charge is 2.16. The molecule has 0 unspecified atom stereocenters. The normalized spacial score (nSPS) is 14.4. The lowest BCUT2D eigenvalue weighted by Crippen LogP contribution is -2.29. The fourth-order valence-electron chi connectivity index (χ4n) is 5.50. The van der Waals surface area contributed by atoms with Crippen molar-refractivity contribution in [3.8, 4) is 33.8 Å². The predicted octanol–water partition coefficient (Wildman–Crippen LogP) is 6.96. The van der Waals surface area contributed by atoms with Crippen LogP contribution in [0.5, 0.6) is 0 Å². The molecule has 38 heavy (non-hydrogen) atoms. The number of nitrogens with zero attached hydrogens (tertiary/aromatic N) is 4. The van der Waals surface area contributed by atoms with Crippen LogP contribution in [0.2, 0.25) is 0 Å². The summed E-state index contributed by atoms with van der Waals surface area (Å²) in [6.07, 6.45) is 7.71. The highest BCUT2D eigenvalue weighted by molar-refractivity contribution is 6.00. The van der Waals surface area contributed by atoms with Gasteiger partial charge in [-0.3, -0.25) is 15.0 Å². The summed E-state index contributed by atoms with van der Waals surface area (Å²) in [7, 11) is 0. The van der Waals surface area contributed by atoms with Gasteiger partial charge in [-0.2, -0.15) is 5.10 Å². The number of benzene rings is 2. The Balaban J connectivity index is 1.25. The summed E-state index contributed by atoms with van der Waals surface area (Å²) >= 11 is 0. The second kappa shape index (κ2) is 9.50. The van der Waals surface area contributed by atoms with Crippen molar-refractivity contribution >= 4 is 21.9 Å². The Bertz CT molecular complexity index is 1740. The molecule has 1 saturated heterocycles. The molecule has 0 aliphatic carbocycles. The van der Waals surface area contributed by atoms with Gasteiger partial charge in [0.15, 0.2) is 0 Å². The summed E-state index contributed by atoms with van der Waals surface area (Å²) in [4.78, 5) is 15.6. The molecule has 7 heteroatoms. The number of piperidine rings is 1. The number of hydrogen-bond acceptors (Lipinski definition) is 4. The standard InChI is InChI=1S/C31H27FN6/c32-23-9-7-21(8-10-23)24-5-4-6-27-25(24)16-29(34-27)31-30-28(36-37-31)12-11-26(35-30)22-15-20(17-33-18-22)19-38-13-2-1-3-14-38/h4-12,15-18,34H,1-3,13-14,19H2,(H,36,37). The molecule has 2 aromatic carbocycles. The second-order valence-corrected chi connectivity index (χ2v) is 10.0. The van der Waals surface area contributed by atoms with Crippen LogP contribution in [0.1, 0.15) is 24.8 Å². The van der Waals surface area contributed by atoms with Crippen molar-refractivity contribution in [2.45, 2.75) is 25.8 Å². The number of aromatic nitrogens is 5. The Morgan fingerprint density at radius 1 is 0.842 bits per heavy atom. The van der Waals surface area contributed by atoms with E-state index in [0.29, 0.717) is 0 Å². The van der Waals surface area contributed by atoms with Crippen LogP contribution in [-0.2, 0) is 6.54 Å². The highest BCUT2D eigenvalue weighted by Crippen LogP contribution is 2.34. The SMILES string of the molecule is Fc1ccc(-c2cccc3[nH]c(-c4n[nH]c5ccc(-c6cncc(CN7CCCCC7)c6)nc45)cc23)cc1. The lowest BCUT2D eigenvalue weighted by Gasteiger charge is -2.26. The van der Waals surface area contributed by atoms with Crippen LogP contribution in [0.15, 0.2) is 79.1 Å². The average molecular weight is 503 g/mol. The number of H-pyrrole nitrogens is 2. The van der Waals surface area contributed by atoms with Crippen LogP contribution < -0.4 is 0 Å². The lowest BCUT2D eigenvalue weighted by molar-refractivity contribution is 0.220. The molecule has 5 heterocycles. The third kappa shape index (κ3) is 4.25. The van der Waals surface area contributed by atoms with Gasteiger partial charge in [0.2, 0.25) is 0 Å². The molecule has 0 saturated carbocycles. The summed E-state index contributed by atoms with van der Waals surface area (Å²) < 4.78 is 13.5. The minimum absolute atomic E-state index is 0.243. The van der Waals surface area contributed by atoms with E-state index in [0.717, 1.165) is 75.3 Å². The highest BCUT2D eigenvalue weighted by atomic mass is 19.1. The van der Waals surface area contributed by atoms with Crippen LogP contribution in [0, 0.1) is 5.82 Å². The van der Waals surface area contributed by atoms with E-state index >= 15 is 0 Å². The van der Waals surface area contributed by atoms with Crippen LogP contribution in [0.25, 0.3) is 55.7 Å². The minimum atomic E-state index is -0.243. The molecule has 1 fully saturated rings. The number of pyridine rings is 2. The fourth-order valence-corrected chi connectivity index (χ4v) is 5.50. The van der Waals surface area contributed by atoms with E-state index in [1.54, 1.807) is 0 Å². The Morgan fingerprint density at radius 2 is 1.71 bits per heavy atom. The third-order valence-corrected chi connectivity index (χ3v) is 7.43. The largest absolute Gasteiger partial charge is 0.353 e. The van der Waals surface area contributed by atoms with E-state index in [4.69, 9.17) is 4.98 Å². The molecule has 6 aromatic rings. The first-order valence-electron chi connectivity index (χ1n) is 13.1. The van der Waals surface area contributed by atoms with Gasteiger partial charge in [0, 0.05) is 35.4 Å². The van der Waals surface area contributed by atoms with Gasteiger partial charge >= 0.3 is 0 Å². The van der Waals surface area contributed by atoms with E-state index in [2.05, 4.69) is 43.3 Å². The molecule has 0 atom stereocenters. The molecule has 2 N–H and O–H groups in total. The van der Waals surface area contributed by atoms with Crippen LogP contribution in [0.4, 0.5) is 4.39 Å². The van der Waals surface area contributed by atoms with Gasteiger partial charge in [-0.25, -0.2) is 9.37 Å². The van der Waals surface area contributed by atoms with Crippen LogP contribution >= 0.6 is 0 Å². The Labute approximate surface area is 219 Å². The number of fused-ring (bicyclic) bond motifs is 2. The quantitative estimate of drug-likeness (QED) is 0.267. The van der Waals surface area contributed by atoms with E-state index in [9.17, 15) is 4.39 Å². The van der Waals surface area contributed by atoms with Crippen molar-refractivity contribution in [1.29, 1.82) is 0 Å². The van der Waals surface area contributed by atoms with E-state index < -0.39 is 0 Å². The summed E-state index contributed by atoms with van der Waals surface area (Å²) in [6, 6.07) is 21.0. The molecule has 1 aliphatic heterocycles. The third-order valence-electron chi connectivity index (χ3n) is 7.43. The monoisotopic (exact) mass is 502 g/mol. The Morgan fingerprint density at radius 3 is 2.58 bits per heavy atom. The zero-order chi connectivity index (χ0) is 25.5. The van der Waals surface area contributed by atoms with Gasteiger partial charge in [-0.15, -0.1) is 0 Å². The van der Waals surface area contributed by atoms with E-state index in [-0.39, 0.29) is 5.82 Å². The van der Waals surface area contributed by atoms with Crippen molar-refractivity contribution in [1.82, 2.24) is 30.0 Å². The van der Waals surface area contributed by atoms with Crippen molar-refractivity contribution < 1.29 is 4.39 Å². The summed E-state index contributed by atoms with van der Waals surface area (Å²) in [6.45, 7) is 3.23. The number of hydrogen-bond donors (Lipinski definition) is 2. The maximum atomic E-state index is 13.5. The average Bonchev–Trinajstić information content (AvgIpc) is 3.58. The van der Waals surface area contributed by atoms with Gasteiger partial charge in [0.25, 0.3) is 0 Å². The molecule has 0 radical (unpaired) electrons. The molecule has 1 aliphatic rings. The van der Waals surface area contributed by atoms with Gasteiger partial charge in [0.05, 0.1) is 16.9 Å². The second-order valence-electron chi connectivity index (χ2n) is 10.0. The smallest absolute Gasteiger partial charge is 0.135 e. The Hall–Kier alpha value is -4.36. The molecular formula is C31H27FN6. The zero-order valence-electron chi connectivity index (χ0n) is 20.9. The molecular weight excluding hydrogens is 475 g/mol. The van der Waals surface area contributed by atoms with E-state index in [1.165, 1.54) is 37.0 Å². The van der Waals surface area contributed by atoms with Crippen molar-refractivity contribution in [3.63, 3.8) is 0 Å². The minimum Gasteiger partial charge on any atom is -0.353 e. The number of nitrogens with one attached hydrogen (secondary N) is 2. The fraction of sp³-hybridized carbons (Fsp3) is 0.194. The van der Waals surface area contributed by atoms with Crippen LogP contribution in [0.3, 0.4) is 0 Å². The molecule has 4 aromatic heterocycles. The van der Waals surface area contributed by atoms with E-state index in [1.807, 2.05) is 48.8 Å². The number of rotatable bonds is 5. The number of aromatic amines is 2. The zero-order valence-corrected chi connectivity index (χ0v) is 20.9. The first kappa shape index (κ1) is 22.8. The molecule has 7 rings (SSSR count). The summed E-state index contributed by atoms with van der Waals surface area (Å²) in [5.74, 6) is -0.243. The molecule has 0 spiro atoms. The van der Waals surface area contributed by atoms with Crippen molar-refractivity contribution in [2.75, 3.05) is 13.1 Å². The first-order valence-corrected chi connectivity index (χ1v) is 13.1.